The van der Waals surface area contributed by atoms with E-state index in [1.165, 1.54) is 0 Å². The topological polar surface area (TPSA) is 33.2 Å². The summed E-state index contributed by atoms with van der Waals surface area (Å²) in [6, 6.07) is 7.26. The van der Waals surface area contributed by atoms with Gasteiger partial charge in [0.05, 0.1) is 5.52 Å². The number of rotatable bonds is 5. The zero-order chi connectivity index (χ0) is 17.1. The molecule has 2 atom stereocenters. The van der Waals surface area contributed by atoms with Gasteiger partial charge in [-0.2, -0.15) is 0 Å². The van der Waals surface area contributed by atoms with Crippen LogP contribution in [0, 0.1) is 11.8 Å². The molecule has 1 aliphatic heterocycles. The van der Waals surface area contributed by atoms with Crippen LogP contribution >= 0.6 is 23.4 Å². The molecule has 5 heteroatoms. The third-order valence-corrected chi connectivity index (χ3v) is 5.35. The Bertz CT molecular complexity index is 762. The number of pyridine rings is 1. The third kappa shape index (κ3) is 3.80. The van der Waals surface area contributed by atoms with Crippen molar-refractivity contribution in [2.75, 3.05) is 13.1 Å². The first kappa shape index (κ1) is 17.4. The van der Waals surface area contributed by atoms with Crippen LogP contribution in [0.4, 0.5) is 0 Å². The van der Waals surface area contributed by atoms with Crippen LogP contribution in [-0.2, 0) is 0 Å². The van der Waals surface area contributed by atoms with Crippen molar-refractivity contribution in [1.82, 2.24) is 9.40 Å². The lowest BCUT2D eigenvalue weighted by molar-refractivity contribution is 0.0963. The molecule has 0 spiro atoms. The number of aromatic nitrogens is 1. The van der Waals surface area contributed by atoms with E-state index in [9.17, 15) is 4.79 Å². The minimum absolute atomic E-state index is 0.154. The van der Waals surface area contributed by atoms with E-state index >= 15 is 0 Å². The van der Waals surface area contributed by atoms with Gasteiger partial charge in [-0.3, -0.25) is 9.78 Å². The quantitative estimate of drug-likeness (QED) is 0.420. The molecule has 0 saturated carbocycles. The van der Waals surface area contributed by atoms with Crippen LogP contribution in [0.15, 0.2) is 43.1 Å². The number of fused-ring (bicyclic) bond motifs is 1. The summed E-state index contributed by atoms with van der Waals surface area (Å²) in [4.78, 5) is 17.0. The van der Waals surface area contributed by atoms with Crippen LogP contribution < -0.4 is 0 Å². The van der Waals surface area contributed by atoms with Gasteiger partial charge in [0.15, 0.2) is 5.78 Å². The molecule has 126 valence electrons. The number of nitrogens with zero attached hydrogens (tertiary/aromatic N) is 2. The van der Waals surface area contributed by atoms with Crippen molar-refractivity contribution in [1.29, 1.82) is 0 Å². The third-order valence-electron chi connectivity index (χ3n) is 4.81. The lowest BCUT2D eigenvalue weighted by atomic mass is 9.82. The molecule has 3 nitrogen and oxygen atoms in total. The highest BCUT2D eigenvalue weighted by atomic mass is 35.5. The molecule has 3 rings (SSSR count). The summed E-state index contributed by atoms with van der Waals surface area (Å²) in [6.45, 7) is 5.58. The maximum atomic E-state index is 12.7. The maximum Gasteiger partial charge on any atom is 0.163 e. The van der Waals surface area contributed by atoms with Gasteiger partial charge in [0.25, 0.3) is 0 Å². The average Bonchev–Trinajstić information content (AvgIpc) is 2.59. The van der Waals surface area contributed by atoms with Crippen LogP contribution in [0.5, 0.6) is 0 Å². The zero-order valence-electron chi connectivity index (χ0n) is 13.4. The molecule has 24 heavy (non-hydrogen) atoms. The van der Waals surface area contributed by atoms with Gasteiger partial charge >= 0.3 is 0 Å². The molecule has 0 unspecified atom stereocenters. The summed E-state index contributed by atoms with van der Waals surface area (Å²) in [5.74, 6) is 0.960. The summed E-state index contributed by atoms with van der Waals surface area (Å²) in [5, 5.41) is 1.49. The van der Waals surface area contributed by atoms with Crippen LogP contribution in [0.2, 0.25) is 5.02 Å². The molecule has 1 aliphatic rings. The Morgan fingerprint density at radius 1 is 1.42 bits per heavy atom. The van der Waals surface area contributed by atoms with Crippen LogP contribution in [0.25, 0.3) is 10.9 Å². The number of benzene rings is 1. The highest BCUT2D eigenvalue weighted by Gasteiger charge is 2.27. The highest BCUT2D eigenvalue weighted by molar-refractivity contribution is 6.31. The largest absolute Gasteiger partial charge is 0.294 e. The normalized spacial score (nSPS) is 21.8. The number of carbonyl (C=O) groups excluding carboxylic acids is 1. The summed E-state index contributed by atoms with van der Waals surface area (Å²) in [6.07, 6.45) is 6.02. The lowest BCUT2D eigenvalue weighted by Crippen LogP contribution is -2.34. The smallest absolute Gasteiger partial charge is 0.163 e. The summed E-state index contributed by atoms with van der Waals surface area (Å²) < 4.78 is 1.81. The van der Waals surface area contributed by atoms with Gasteiger partial charge in [0, 0.05) is 41.7 Å². The summed E-state index contributed by atoms with van der Waals surface area (Å²) in [7, 11) is 0. The second-order valence-electron chi connectivity index (χ2n) is 6.30. The molecule has 1 aromatic heterocycles. The van der Waals surface area contributed by atoms with Gasteiger partial charge < -0.3 is 0 Å². The van der Waals surface area contributed by atoms with Crippen molar-refractivity contribution in [2.24, 2.45) is 11.8 Å². The second kappa shape index (κ2) is 7.64. The second-order valence-corrected chi connectivity index (χ2v) is 7.21. The highest BCUT2D eigenvalue weighted by Crippen LogP contribution is 2.30. The van der Waals surface area contributed by atoms with E-state index in [4.69, 9.17) is 23.4 Å². The Morgan fingerprint density at radius 3 is 3.04 bits per heavy atom. The Balaban J connectivity index is 1.72. The fourth-order valence-electron chi connectivity index (χ4n) is 3.43. The summed E-state index contributed by atoms with van der Waals surface area (Å²) >= 11 is 12.1. The van der Waals surface area contributed by atoms with E-state index < -0.39 is 0 Å². The predicted octanol–water partition coefficient (Wildman–Crippen LogP) is 5.13. The SMILES string of the molecule is C=C[C@H]1CN(Cl)CC[C@H]1CCC(=O)c1ccnc2cc(Cl)ccc12. The first-order valence-electron chi connectivity index (χ1n) is 8.19. The van der Waals surface area contributed by atoms with Gasteiger partial charge in [-0.25, -0.2) is 4.42 Å². The van der Waals surface area contributed by atoms with E-state index in [-0.39, 0.29) is 5.78 Å². The predicted molar refractivity (Wildman–Crippen MR) is 99.5 cm³/mol. The first-order valence-corrected chi connectivity index (χ1v) is 8.91. The van der Waals surface area contributed by atoms with Gasteiger partial charge in [-0.05, 0) is 54.7 Å². The fourth-order valence-corrected chi connectivity index (χ4v) is 3.85. The average molecular weight is 363 g/mol. The Labute approximate surface area is 152 Å². The van der Waals surface area contributed by atoms with Gasteiger partial charge in [-0.15, -0.1) is 6.58 Å². The summed E-state index contributed by atoms with van der Waals surface area (Å²) in [5.41, 5.74) is 1.48. The molecule has 0 N–H and O–H groups in total. The van der Waals surface area contributed by atoms with Crippen molar-refractivity contribution < 1.29 is 4.79 Å². The number of ketones is 1. The lowest BCUT2D eigenvalue weighted by Gasteiger charge is -2.33. The van der Waals surface area contributed by atoms with Crippen molar-refractivity contribution in [3.8, 4) is 0 Å². The first-order chi connectivity index (χ1) is 11.6. The monoisotopic (exact) mass is 362 g/mol. The van der Waals surface area contributed by atoms with E-state index in [0.29, 0.717) is 23.3 Å². The minimum atomic E-state index is 0.154. The number of piperidine rings is 1. The number of halogens is 2. The fraction of sp³-hybridized carbons (Fsp3) is 0.368. The Morgan fingerprint density at radius 2 is 2.25 bits per heavy atom. The minimum Gasteiger partial charge on any atom is -0.294 e. The van der Waals surface area contributed by atoms with E-state index in [1.807, 2.05) is 16.6 Å². The van der Waals surface area contributed by atoms with Crippen LogP contribution in [0.1, 0.15) is 29.6 Å². The molecular formula is C19H20Cl2N2O. The van der Waals surface area contributed by atoms with E-state index in [1.54, 1.807) is 24.4 Å². The Kier molecular flexibility index (Phi) is 5.54. The molecule has 2 heterocycles. The Hall–Kier alpha value is -1.42. The van der Waals surface area contributed by atoms with E-state index in [0.717, 1.165) is 42.4 Å². The molecule has 1 aromatic carbocycles. The molecule has 2 aromatic rings. The molecule has 1 saturated heterocycles. The number of hydrogen-bond donors (Lipinski definition) is 0. The number of Topliss-reactive ketones (excluding diaryl/α,β-unsaturated/α-hetero) is 1. The molecule has 0 aliphatic carbocycles. The van der Waals surface area contributed by atoms with E-state index in [2.05, 4.69) is 11.6 Å². The van der Waals surface area contributed by atoms with Gasteiger partial charge in [0.2, 0.25) is 0 Å². The maximum absolute atomic E-state index is 12.7. The van der Waals surface area contributed by atoms with Gasteiger partial charge in [0.1, 0.15) is 0 Å². The van der Waals surface area contributed by atoms with Crippen molar-refractivity contribution in [2.45, 2.75) is 19.3 Å². The van der Waals surface area contributed by atoms with Gasteiger partial charge in [-0.1, -0.05) is 23.7 Å². The zero-order valence-corrected chi connectivity index (χ0v) is 14.9. The molecular weight excluding hydrogens is 343 g/mol. The standard InChI is InChI=1S/C19H20Cl2N2O/c1-2-13-12-23(21)10-8-14(13)3-6-19(24)17-7-9-22-18-11-15(20)4-5-16(17)18/h2,4-5,7,9,11,13-14H,1,3,6,8,10,12H2/t13-,14+/m0/s1. The van der Waals surface area contributed by atoms with Crippen LogP contribution in [0.3, 0.4) is 0 Å². The van der Waals surface area contributed by atoms with Crippen molar-refractivity contribution >= 4 is 40.1 Å². The molecule has 0 radical (unpaired) electrons. The molecule has 0 amide bonds. The molecule has 0 bridgehead atoms. The molecule has 1 fully saturated rings. The van der Waals surface area contributed by atoms with Crippen molar-refractivity contribution in [3.63, 3.8) is 0 Å². The van der Waals surface area contributed by atoms with Crippen molar-refractivity contribution in [3.05, 3.63) is 53.7 Å². The number of hydrogen-bond acceptors (Lipinski definition) is 3. The number of carbonyl (C=O) groups is 1. The van der Waals surface area contributed by atoms with Crippen LogP contribution in [-0.4, -0.2) is 28.3 Å².